The molecule has 0 saturated carbocycles. The van der Waals surface area contributed by atoms with Crippen molar-refractivity contribution in [2.45, 2.75) is 23.9 Å². The normalized spacial score (nSPS) is 14.9. The molecule has 0 spiro atoms. The van der Waals surface area contributed by atoms with Crippen molar-refractivity contribution in [2.24, 2.45) is 0 Å². The summed E-state index contributed by atoms with van der Waals surface area (Å²) in [5.74, 6) is 1.47. The number of benzene rings is 2. The number of ether oxygens (including phenoxy) is 2. The van der Waals surface area contributed by atoms with Crippen LogP contribution in [0.25, 0.3) is 11.4 Å². The van der Waals surface area contributed by atoms with Gasteiger partial charge in [0.1, 0.15) is 0 Å². The van der Waals surface area contributed by atoms with Gasteiger partial charge in [0.2, 0.25) is 0 Å². The fourth-order valence-electron chi connectivity index (χ4n) is 3.76. The summed E-state index contributed by atoms with van der Waals surface area (Å²) in [5, 5.41) is 10.3. The van der Waals surface area contributed by atoms with E-state index in [1.54, 1.807) is 18.9 Å². The maximum absolute atomic E-state index is 12.7. The van der Waals surface area contributed by atoms with Crippen LogP contribution in [0.3, 0.4) is 0 Å². The van der Waals surface area contributed by atoms with Crippen LogP contribution in [0.2, 0.25) is 5.02 Å². The SMILES string of the molecule is COC[C@H](C)n1c(SCc2ccc(C(=O)N3CCOCC3)cc2)nnc1-c1ccccc1Cl. The van der Waals surface area contributed by atoms with Crippen molar-refractivity contribution < 1.29 is 14.3 Å². The standard InChI is InChI=1S/C24H27ClN4O3S/c1-17(15-31-2)29-22(20-5-3-4-6-21(20)25)26-27-24(29)33-16-18-7-9-19(10-8-18)23(30)28-11-13-32-14-12-28/h3-10,17H,11-16H2,1-2H3/t17-/m0/s1. The van der Waals surface area contributed by atoms with E-state index in [0.29, 0.717) is 49.2 Å². The van der Waals surface area contributed by atoms with Gasteiger partial charge < -0.3 is 14.4 Å². The van der Waals surface area contributed by atoms with Gasteiger partial charge in [-0.1, -0.05) is 47.6 Å². The zero-order valence-electron chi connectivity index (χ0n) is 18.7. The van der Waals surface area contributed by atoms with Crippen LogP contribution in [0, 0.1) is 0 Å². The predicted molar refractivity (Wildman–Crippen MR) is 130 cm³/mol. The smallest absolute Gasteiger partial charge is 0.254 e. The van der Waals surface area contributed by atoms with Crippen LogP contribution in [0.4, 0.5) is 0 Å². The molecule has 174 valence electrons. The molecule has 4 rings (SSSR count). The van der Waals surface area contributed by atoms with Crippen molar-refractivity contribution in [1.82, 2.24) is 19.7 Å². The average Bonchev–Trinajstić information content (AvgIpc) is 3.27. The Kier molecular flexibility index (Phi) is 8.03. The number of methoxy groups -OCH3 is 1. The highest BCUT2D eigenvalue weighted by molar-refractivity contribution is 7.98. The van der Waals surface area contributed by atoms with Gasteiger partial charge in [-0.2, -0.15) is 0 Å². The summed E-state index contributed by atoms with van der Waals surface area (Å²) in [6.45, 7) is 5.07. The second-order valence-electron chi connectivity index (χ2n) is 7.85. The van der Waals surface area contributed by atoms with E-state index in [2.05, 4.69) is 21.7 Å². The lowest BCUT2D eigenvalue weighted by atomic mass is 10.1. The van der Waals surface area contributed by atoms with E-state index in [1.807, 2.05) is 53.4 Å². The van der Waals surface area contributed by atoms with Crippen molar-refractivity contribution in [3.05, 3.63) is 64.7 Å². The Bertz CT molecular complexity index is 1080. The minimum absolute atomic E-state index is 0.0345. The monoisotopic (exact) mass is 486 g/mol. The van der Waals surface area contributed by atoms with Gasteiger partial charge in [0.15, 0.2) is 11.0 Å². The lowest BCUT2D eigenvalue weighted by Crippen LogP contribution is -2.40. The molecule has 1 saturated heterocycles. The molecule has 1 aliphatic heterocycles. The van der Waals surface area contributed by atoms with Crippen LogP contribution in [0.1, 0.15) is 28.9 Å². The summed E-state index contributed by atoms with van der Waals surface area (Å²) in [6.07, 6.45) is 0. The molecular formula is C24H27ClN4O3S. The van der Waals surface area contributed by atoms with Crippen molar-refractivity contribution in [3.63, 3.8) is 0 Å². The Hall–Kier alpha value is -2.39. The minimum Gasteiger partial charge on any atom is -0.383 e. The van der Waals surface area contributed by atoms with E-state index < -0.39 is 0 Å². The van der Waals surface area contributed by atoms with Crippen molar-refractivity contribution in [2.75, 3.05) is 40.0 Å². The molecule has 0 bridgehead atoms. The quantitative estimate of drug-likeness (QED) is 0.434. The van der Waals surface area contributed by atoms with E-state index in [4.69, 9.17) is 21.1 Å². The number of nitrogens with zero attached hydrogens (tertiary/aromatic N) is 4. The number of hydrogen-bond acceptors (Lipinski definition) is 6. The van der Waals surface area contributed by atoms with Gasteiger partial charge in [0, 0.05) is 37.1 Å². The van der Waals surface area contributed by atoms with E-state index in [1.165, 1.54) is 0 Å². The van der Waals surface area contributed by atoms with Gasteiger partial charge >= 0.3 is 0 Å². The summed E-state index contributed by atoms with van der Waals surface area (Å²) < 4.78 is 12.8. The van der Waals surface area contributed by atoms with Crippen molar-refractivity contribution >= 4 is 29.3 Å². The third-order valence-electron chi connectivity index (χ3n) is 5.50. The molecule has 1 fully saturated rings. The number of rotatable bonds is 8. The lowest BCUT2D eigenvalue weighted by Gasteiger charge is -2.26. The number of thioether (sulfide) groups is 1. The van der Waals surface area contributed by atoms with E-state index in [-0.39, 0.29) is 11.9 Å². The number of morpholine rings is 1. The largest absolute Gasteiger partial charge is 0.383 e. The molecule has 33 heavy (non-hydrogen) atoms. The zero-order valence-corrected chi connectivity index (χ0v) is 20.3. The van der Waals surface area contributed by atoms with E-state index in [9.17, 15) is 4.79 Å². The lowest BCUT2D eigenvalue weighted by molar-refractivity contribution is 0.0303. The molecule has 1 amide bonds. The molecule has 0 radical (unpaired) electrons. The van der Waals surface area contributed by atoms with Crippen molar-refractivity contribution in [1.29, 1.82) is 0 Å². The Morgan fingerprint density at radius 3 is 2.58 bits per heavy atom. The second-order valence-corrected chi connectivity index (χ2v) is 9.20. The summed E-state index contributed by atoms with van der Waals surface area (Å²) in [6, 6.07) is 15.4. The molecule has 1 aliphatic rings. The zero-order chi connectivity index (χ0) is 23.2. The Morgan fingerprint density at radius 1 is 1.15 bits per heavy atom. The van der Waals surface area contributed by atoms with Gasteiger partial charge in [-0.15, -0.1) is 10.2 Å². The molecule has 0 unspecified atom stereocenters. The predicted octanol–water partition coefficient (Wildman–Crippen LogP) is 4.57. The highest BCUT2D eigenvalue weighted by atomic mass is 35.5. The van der Waals surface area contributed by atoms with Crippen LogP contribution in [-0.4, -0.2) is 65.6 Å². The van der Waals surface area contributed by atoms with Crippen molar-refractivity contribution in [3.8, 4) is 11.4 Å². The molecule has 2 heterocycles. The first-order chi connectivity index (χ1) is 16.1. The second kappa shape index (κ2) is 11.2. The van der Waals surface area contributed by atoms with E-state index in [0.717, 1.165) is 22.1 Å². The number of carbonyl (C=O) groups excluding carboxylic acids is 1. The summed E-state index contributed by atoms with van der Waals surface area (Å²) in [7, 11) is 1.68. The molecular weight excluding hydrogens is 460 g/mol. The fourth-order valence-corrected chi connectivity index (χ4v) is 4.97. The fraction of sp³-hybridized carbons (Fsp3) is 0.375. The third-order valence-corrected chi connectivity index (χ3v) is 6.84. The first kappa shape index (κ1) is 23.8. The molecule has 9 heteroatoms. The minimum atomic E-state index is 0.0345. The molecule has 0 N–H and O–H groups in total. The number of aromatic nitrogens is 3. The molecule has 2 aromatic carbocycles. The summed E-state index contributed by atoms with van der Waals surface area (Å²) in [4.78, 5) is 14.5. The van der Waals surface area contributed by atoms with Crippen LogP contribution < -0.4 is 0 Å². The Morgan fingerprint density at radius 2 is 1.88 bits per heavy atom. The van der Waals surface area contributed by atoms with Gasteiger partial charge in [-0.3, -0.25) is 9.36 Å². The number of hydrogen-bond donors (Lipinski definition) is 0. The number of halogens is 1. The van der Waals surface area contributed by atoms with Crippen LogP contribution in [-0.2, 0) is 15.2 Å². The Labute approximate surface area is 203 Å². The van der Waals surface area contributed by atoms with Gasteiger partial charge in [0.25, 0.3) is 5.91 Å². The molecule has 3 aromatic rings. The third kappa shape index (κ3) is 5.58. The molecule has 1 aromatic heterocycles. The first-order valence-electron chi connectivity index (χ1n) is 10.9. The molecule has 0 aliphatic carbocycles. The molecule has 7 nitrogen and oxygen atoms in total. The van der Waals surface area contributed by atoms with Gasteiger partial charge in [-0.25, -0.2) is 0 Å². The topological polar surface area (TPSA) is 69.5 Å². The molecule has 1 atom stereocenters. The maximum Gasteiger partial charge on any atom is 0.254 e. The summed E-state index contributed by atoms with van der Waals surface area (Å²) in [5.41, 5.74) is 2.64. The van der Waals surface area contributed by atoms with Crippen LogP contribution in [0.15, 0.2) is 53.7 Å². The number of amides is 1. The Balaban J connectivity index is 1.50. The van der Waals surface area contributed by atoms with Gasteiger partial charge in [-0.05, 0) is 36.8 Å². The summed E-state index contributed by atoms with van der Waals surface area (Å²) >= 11 is 8.03. The maximum atomic E-state index is 12.7. The van der Waals surface area contributed by atoms with Gasteiger partial charge in [0.05, 0.1) is 30.9 Å². The average molecular weight is 487 g/mol. The highest BCUT2D eigenvalue weighted by Crippen LogP contribution is 2.33. The number of carbonyl (C=O) groups is 1. The van der Waals surface area contributed by atoms with Crippen LogP contribution in [0.5, 0.6) is 0 Å². The first-order valence-corrected chi connectivity index (χ1v) is 12.2. The highest BCUT2D eigenvalue weighted by Gasteiger charge is 2.21. The van der Waals surface area contributed by atoms with E-state index >= 15 is 0 Å². The van der Waals surface area contributed by atoms with Crippen LogP contribution >= 0.6 is 23.4 Å².